The molecule has 0 aliphatic rings. The van der Waals surface area contributed by atoms with Crippen LogP contribution in [0.4, 0.5) is 0 Å². The van der Waals surface area contributed by atoms with E-state index in [1.54, 1.807) is 6.08 Å². The van der Waals surface area contributed by atoms with E-state index in [4.69, 9.17) is 4.74 Å². The first-order chi connectivity index (χ1) is 40.0. The lowest BCUT2D eigenvalue weighted by atomic mass is 10.0. The number of hydrogen-bond acceptors (Lipinski definition) is 5. The first-order valence-electron chi connectivity index (χ1n) is 37.1. The molecule has 0 fully saturated rings. The van der Waals surface area contributed by atoms with Gasteiger partial charge in [-0.2, -0.15) is 0 Å². The van der Waals surface area contributed by atoms with Gasteiger partial charge in [-0.25, -0.2) is 0 Å². The summed E-state index contributed by atoms with van der Waals surface area (Å²) >= 11 is 0. The summed E-state index contributed by atoms with van der Waals surface area (Å²) in [6, 6.07) is -0.624. The second kappa shape index (κ2) is 70.8. The van der Waals surface area contributed by atoms with Crippen molar-refractivity contribution in [3.8, 4) is 0 Å². The third kappa shape index (κ3) is 67.3. The molecule has 0 rings (SSSR count). The van der Waals surface area contributed by atoms with Gasteiger partial charge in [-0.15, -0.1) is 0 Å². The second-order valence-electron chi connectivity index (χ2n) is 25.6. The molecular formula is C75H145NO5. The number of aliphatic hydroxyl groups is 2. The van der Waals surface area contributed by atoms with Gasteiger partial charge in [0.2, 0.25) is 5.91 Å². The van der Waals surface area contributed by atoms with Gasteiger partial charge in [-0.1, -0.05) is 372 Å². The summed E-state index contributed by atoms with van der Waals surface area (Å²) in [5, 5.41) is 23.2. The highest BCUT2D eigenvalue weighted by Gasteiger charge is 2.18. The van der Waals surface area contributed by atoms with Crippen LogP contribution in [0.1, 0.15) is 418 Å². The minimum Gasteiger partial charge on any atom is -0.466 e. The monoisotopic (exact) mass is 1140 g/mol. The summed E-state index contributed by atoms with van der Waals surface area (Å²) in [5.74, 6) is -0.0458. The number of hydrogen-bond donors (Lipinski definition) is 3. The highest BCUT2D eigenvalue weighted by atomic mass is 16.5. The Kier molecular flexibility index (Phi) is 69.4. The van der Waals surface area contributed by atoms with E-state index in [1.807, 2.05) is 6.08 Å². The zero-order valence-electron chi connectivity index (χ0n) is 55.0. The van der Waals surface area contributed by atoms with Crippen LogP contribution < -0.4 is 5.32 Å². The van der Waals surface area contributed by atoms with E-state index >= 15 is 0 Å². The summed E-state index contributed by atoms with van der Waals surface area (Å²) in [6.45, 7) is 4.94. The maximum Gasteiger partial charge on any atom is 0.305 e. The number of esters is 1. The Morgan fingerprint density at radius 3 is 0.877 bits per heavy atom. The second-order valence-corrected chi connectivity index (χ2v) is 25.6. The molecule has 0 aromatic rings. The smallest absolute Gasteiger partial charge is 0.305 e. The SMILES string of the molecule is CCCCCCCC/C=C\CCCCCCCC(=O)OCCCCCCCCCCCCCCCCCCCCCCCCCCCCCCCCCCCC(=O)NC(CO)C(O)/C=C/CCCCCCCCCCCCCCCC. The van der Waals surface area contributed by atoms with Gasteiger partial charge in [0.1, 0.15) is 0 Å². The molecule has 480 valence electrons. The number of nitrogens with one attached hydrogen (secondary N) is 1. The van der Waals surface area contributed by atoms with Crippen LogP contribution in [0.15, 0.2) is 24.3 Å². The topological polar surface area (TPSA) is 95.9 Å². The van der Waals surface area contributed by atoms with Crippen molar-refractivity contribution in [1.82, 2.24) is 5.32 Å². The fourth-order valence-electron chi connectivity index (χ4n) is 11.8. The van der Waals surface area contributed by atoms with Crippen LogP contribution in [0.3, 0.4) is 0 Å². The molecule has 1 amide bonds. The van der Waals surface area contributed by atoms with E-state index in [2.05, 4.69) is 31.3 Å². The van der Waals surface area contributed by atoms with E-state index < -0.39 is 12.1 Å². The molecule has 81 heavy (non-hydrogen) atoms. The number of carbonyl (C=O) groups excluding carboxylic acids is 2. The molecule has 0 saturated heterocycles. The van der Waals surface area contributed by atoms with Crippen molar-refractivity contribution in [1.29, 1.82) is 0 Å². The Morgan fingerprint density at radius 2 is 0.580 bits per heavy atom. The lowest BCUT2D eigenvalue weighted by Crippen LogP contribution is -2.45. The molecule has 0 spiro atoms. The zero-order valence-corrected chi connectivity index (χ0v) is 55.0. The summed E-state index contributed by atoms with van der Waals surface area (Å²) < 4.78 is 5.50. The fraction of sp³-hybridized carbons (Fsp3) is 0.920. The minimum absolute atomic E-state index is 0.0142. The molecule has 6 heteroatoms. The summed E-state index contributed by atoms with van der Waals surface area (Å²) in [4.78, 5) is 24.6. The average Bonchev–Trinajstić information content (AvgIpc) is 3.47. The van der Waals surface area contributed by atoms with Crippen LogP contribution in [0.5, 0.6) is 0 Å². The molecule has 2 unspecified atom stereocenters. The largest absolute Gasteiger partial charge is 0.466 e. The van der Waals surface area contributed by atoms with Crippen LogP contribution in [0, 0.1) is 0 Å². The number of rotatable bonds is 70. The van der Waals surface area contributed by atoms with Crippen molar-refractivity contribution in [3.05, 3.63) is 24.3 Å². The Labute approximate surface area is 507 Å². The van der Waals surface area contributed by atoms with Crippen LogP contribution >= 0.6 is 0 Å². The number of carbonyl (C=O) groups is 2. The molecule has 0 saturated carbocycles. The van der Waals surface area contributed by atoms with Crippen LogP contribution in [0.25, 0.3) is 0 Å². The quantitative estimate of drug-likeness (QED) is 0.0320. The number of allylic oxidation sites excluding steroid dienone is 3. The zero-order chi connectivity index (χ0) is 58.5. The molecule has 0 bridgehead atoms. The van der Waals surface area contributed by atoms with E-state index in [0.29, 0.717) is 19.4 Å². The van der Waals surface area contributed by atoms with Crippen LogP contribution in [-0.2, 0) is 14.3 Å². The number of ether oxygens (including phenoxy) is 1. The highest BCUT2D eigenvalue weighted by molar-refractivity contribution is 5.76. The number of unbranched alkanes of at least 4 members (excludes halogenated alkanes) is 57. The van der Waals surface area contributed by atoms with Gasteiger partial charge in [0.15, 0.2) is 0 Å². The molecule has 0 aromatic carbocycles. The Balaban J connectivity index is 3.33. The van der Waals surface area contributed by atoms with E-state index in [-0.39, 0.29) is 18.5 Å². The van der Waals surface area contributed by atoms with Crippen molar-refractivity contribution in [2.45, 2.75) is 431 Å². The number of aliphatic hydroxyl groups excluding tert-OH is 2. The van der Waals surface area contributed by atoms with Gasteiger partial charge < -0.3 is 20.3 Å². The Hall–Kier alpha value is -1.66. The van der Waals surface area contributed by atoms with E-state index in [9.17, 15) is 19.8 Å². The van der Waals surface area contributed by atoms with E-state index in [1.165, 1.54) is 347 Å². The third-order valence-electron chi connectivity index (χ3n) is 17.5. The predicted octanol–water partition coefficient (Wildman–Crippen LogP) is 24.1. The molecule has 3 N–H and O–H groups in total. The first-order valence-corrected chi connectivity index (χ1v) is 37.1. The standard InChI is InChI=1S/C75H145NO5/c1-3-5-7-9-11-13-15-17-19-40-43-47-51-55-59-63-67-73(78)72(71-77)76-74(79)68-64-60-56-52-48-44-41-37-35-33-31-29-27-25-23-21-20-22-24-26-28-30-32-34-36-38-42-46-50-54-58-62-66-70-81-75(80)69-65-61-57-53-49-45-39-18-16-14-12-10-8-6-4-2/h18,39,63,67,72-73,77-78H,3-17,19-38,40-62,64-66,68-71H2,1-2H3,(H,76,79)/b39-18-,67-63+. The average molecular weight is 1140 g/mol. The molecule has 0 aliphatic heterocycles. The first kappa shape index (κ1) is 79.3. The van der Waals surface area contributed by atoms with Crippen LogP contribution in [-0.4, -0.2) is 47.4 Å². The lowest BCUT2D eigenvalue weighted by molar-refractivity contribution is -0.143. The summed E-state index contributed by atoms with van der Waals surface area (Å²) in [5.41, 5.74) is 0. The summed E-state index contributed by atoms with van der Waals surface area (Å²) in [7, 11) is 0. The van der Waals surface area contributed by atoms with Crippen molar-refractivity contribution < 1.29 is 24.5 Å². The molecule has 0 aliphatic carbocycles. The van der Waals surface area contributed by atoms with Gasteiger partial charge in [0.05, 0.1) is 25.4 Å². The van der Waals surface area contributed by atoms with Crippen molar-refractivity contribution in [2.24, 2.45) is 0 Å². The van der Waals surface area contributed by atoms with Crippen molar-refractivity contribution >= 4 is 11.9 Å². The molecule has 0 radical (unpaired) electrons. The fourth-order valence-corrected chi connectivity index (χ4v) is 11.8. The maximum absolute atomic E-state index is 12.5. The number of amides is 1. The van der Waals surface area contributed by atoms with Crippen molar-refractivity contribution in [3.63, 3.8) is 0 Å². The molecule has 6 nitrogen and oxygen atoms in total. The van der Waals surface area contributed by atoms with Crippen molar-refractivity contribution in [2.75, 3.05) is 13.2 Å². The molecule has 0 heterocycles. The molecular weight excluding hydrogens is 995 g/mol. The third-order valence-corrected chi connectivity index (χ3v) is 17.5. The van der Waals surface area contributed by atoms with Crippen LogP contribution in [0.2, 0.25) is 0 Å². The van der Waals surface area contributed by atoms with Gasteiger partial charge in [-0.3, -0.25) is 9.59 Å². The normalized spacial score (nSPS) is 12.6. The lowest BCUT2D eigenvalue weighted by Gasteiger charge is -2.20. The summed E-state index contributed by atoms with van der Waals surface area (Å²) in [6.07, 6.45) is 90.0. The molecule has 0 aromatic heterocycles. The van der Waals surface area contributed by atoms with E-state index in [0.717, 1.165) is 44.9 Å². The Bertz CT molecular complexity index is 1270. The van der Waals surface area contributed by atoms with Gasteiger partial charge in [0.25, 0.3) is 0 Å². The van der Waals surface area contributed by atoms with Gasteiger partial charge in [-0.05, 0) is 57.8 Å². The maximum atomic E-state index is 12.5. The highest BCUT2D eigenvalue weighted by Crippen LogP contribution is 2.19. The molecule has 2 atom stereocenters. The minimum atomic E-state index is -0.841. The van der Waals surface area contributed by atoms with Gasteiger partial charge >= 0.3 is 5.97 Å². The van der Waals surface area contributed by atoms with Gasteiger partial charge in [0, 0.05) is 12.8 Å². The Morgan fingerprint density at radius 1 is 0.333 bits per heavy atom. The predicted molar refractivity (Wildman–Crippen MR) is 356 cm³/mol.